The molecule has 0 amide bonds. The first-order chi connectivity index (χ1) is 11.3. The Morgan fingerprint density at radius 1 is 0.957 bits per heavy atom. The van der Waals surface area contributed by atoms with Gasteiger partial charge in [-0.1, -0.05) is 27.7 Å². The second-order valence-electron chi connectivity index (χ2n) is 6.86. The second-order valence-corrected chi connectivity index (χ2v) is 6.86. The van der Waals surface area contributed by atoms with Gasteiger partial charge in [-0.15, -0.1) is 0 Å². The van der Waals surface area contributed by atoms with E-state index in [4.69, 9.17) is 9.47 Å². The number of rotatable bonds is 8. The van der Waals surface area contributed by atoms with Crippen molar-refractivity contribution in [3.05, 3.63) is 0 Å². The molecule has 138 valence electrons. The maximum Gasteiger partial charge on any atom is 0.0704 e. The summed E-state index contributed by atoms with van der Waals surface area (Å²) in [5.41, 5.74) is 0. The van der Waals surface area contributed by atoms with E-state index in [2.05, 4.69) is 24.1 Å². The van der Waals surface area contributed by atoms with Gasteiger partial charge in [0.1, 0.15) is 0 Å². The van der Waals surface area contributed by atoms with Crippen molar-refractivity contribution >= 4 is 0 Å². The minimum absolute atomic E-state index is 0.449. The van der Waals surface area contributed by atoms with Gasteiger partial charge in [-0.3, -0.25) is 0 Å². The van der Waals surface area contributed by atoms with Crippen molar-refractivity contribution in [3.8, 4) is 0 Å². The Labute approximate surface area is 144 Å². The third-order valence-electron chi connectivity index (χ3n) is 4.99. The van der Waals surface area contributed by atoms with E-state index >= 15 is 0 Å². The predicted octanol–water partition coefficient (Wildman–Crippen LogP) is 3.17. The van der Waals surface area contributed by atoms with Gasteiger partial charge in [0.15, 0.2) is 0 Å². The van der Waals surface area contributed by atoms with Gasteiger partial charge in [0.2, 0.25) is 0 Å². The molecule has 4 heteroatoms. The van der Waals surface area contributed by atoms with Crippen molar-refractivity contribution in [2.75, 3.05) is 52.5 Å². The zero-order chi connectivity index (χ0) is 16.9. The van der Waals surface area contributed by atoms with Gasteiger partial charge in [-0.2, -0.15) is 0 Å². The van der Waals surface area contributed by atoms with Gasteiger partial charge in [0, 0.05) is 6.54 Å². The molecule has 0 bridgehead atoms. The molecule has 0 saturated carbocycles. The summed E-state index contributed by atoms with van der Waals surface area (Å²) < 4.78 is 11.6. The number of hydrogen-bond donors (Lipinski definition) is 1. The molecule has 2 saturated heterocycles. The van der Waals surface area contributed by atoms with Crippen LogP contribution in [0.25, 0.3) is 0 Å². The van der Waals surface area contributed by atoms with Gasteiger partial charge < -0.3 is 19.7 Å². The van der Waals surface area contributed by atoms with E-state index in [0.717, 1.165) is 64.1 Å². The molecular weight excluding hydrogens is 288 g/mol. The van der Waals surface area contributed by atoms with Crippen molar-refractivity contribution in [2.24, 2.45) is 11.8 Å². The Kier molecular flexibility index (Phi) is 12.0. The Morgan fingerprint density at radius 2 is 1.61 bits per heavy atom. The monoisotopic (exact) mass is 328 g/mol. The van der Waals surface area contributed by atoms with Crippen LogP contribution in [0.4, 0.5) is 0 Å². The van der Waals surface area contributed by atoms with Crippen LogP contribution in [-0.4, -0.2) is 63.5 Å². The molecule has 2 aliphatic rings. The standard InChI is InChI=1S/C17H34N2O2.C2H6/c1-15(2)16-5-9-19(10-6-16)11-12-20-13-14-21-17-3-7-18-8-4-17;1-2/h15-18H,3-14H2,1-2H3;1-2H3. The summed E-state index contributed by atoms with van der Waals surface area (Å²) in [5.74, 6) is 1.77. The predicted molar refractivity (Wildman–Crippen MR) is 98.0 cm³/mol. The molecule has 2 rings (SSSR count). The topological polar surface area (TPSA) is 33.7 Å². The van der Waals surface area contributed by atoms with E-state index in [-0.39, 0.29) is 0 Å². The highest BCUT2D eigenvalue weighted by molar-refractivity contribution is 4.74. The van der Waals surface area contributed by atoms with Crippen LogP contribution in [0.15, 0.2) is 0 Å². The van der Waals surface area contributed by atoms with Crippen molar-refractivity contribution in [2.45, 2.75) is 59.5 Å². The van der Waals surface area contributed by atoms with Gasteiger partial charge in [0.25, 0.3) is 0 Å². The molecule has 0 spiro atoms. The average Bonchev–Trinajstić information content (AvgIpc) is 2.61. The minimum Gasteiger partial charge on any atom is -0.378 e. The Balaban J connectivity index is 0.00000127. The summed E-state index contributed by atoms with van der Waals surface area (Å²) in [6.07, 6.45) is 5.45. The lowest BCUT2D eigenvalue weighted by molar-refractivity contribution is -0.0118. The van der Waals surface area contributed by atoms with Crippen LogP contribution in [-0.2, 0) is 9.47 Å². The molecule has 0 aromatic rings. The number of likely N-dealkylation sites (tertiary alicyclic amines) is 1. The number of piperidine rings is 2. The van der Waals surface area contributed by atoms with Gasteiger partial charge in [-0.25, -0.2) is 0 Å². The van der Waals surface area contributed by atoms with E-state index in [1.165, 1.54) is 25.9 Å². The largest absolute Gasteiger partial charge is 0.378 e. The highest BCUT2D eigenvalue weighted by Crippen LogP contribution is 2.23. The van der Waals surface area contributed by atoms with E-state index in [1.54, 1.807) is 0 Å². The lowest BCUT2D eigenvalue weighted by Crippen LogP contribution is -2.37. The molecule has 0 aromatic carbocycles. The van der Waals surface area contributed by atoms with Crippen LogP contribution in [0, 0.1) is 11.8 Å². The highest BCUT2D eigenvalue weighted by Gasteiger charge is 2.21. The lowest BCUT2D eigenvalue weighted by Gasteiger charge is -2.33. The number of hydrogen-bond acceptors (Lipinski definition) is 4. The number of nitrogens with zero attached hydrogens (tertiary/aromatic N) is 1. The van der Waals surface area contributed by atoms with E-state index < -0.39 is 0 Å². The fourth-order valence-electron chi connectivity index (χ4n) is 3.37. The van der Waals surface area contributed by atoms with Crippen LogP contribution in [0.2, 0.25) is 0 Å². The zero-order valence-corrected chi connectivity index (χ0v) is 16.0. The second kappa shape index (κ2) is 13.2. The van der Waals surface area contributed by atoms with Crippen molar-refractivity contribution < 1.29 is 9.47 Å². The minimum atomic E-state index is 0.449. The first kappa shape index (κ1) is 20.9. The van der Waals surface area contributed by atoms with E-state index in [1.807, 2.05) is 13.8 Å². The maximum absolute atomic E-state index is 5.84. The van der Waals surface area contributed by atoms with Crippen LogP contribution in [0.3, 0.4) is 0 Å². The van der Waals surface area contributed by atoms with Crippen molar-refractivity contribution in [3.63, 3.8) is 0 Å². The Morgan fingerprint density at radius 3 is 2.22 bits per heavy atom. The molecule has 2 heterocycles. The quantitative estimate of drug-likeness (QED) is 0.694. The molecule has 0 unspecified atom stereocenters. The zero-order valence-electron chi connectivity index (χ0n) is 16.0. The molecule has 0 aliphatic carbocycles. The Hall–Kier alpha value is -0.160. The Bertz CT molecular complexity index is 260. The molecular formula is C19H40N2O2. The maximum atomic E-state index is 5.84. The third kappa shape index (κ3) is 9.04. The van der Waals surface area contributed by atoms with Gasteiger partial charge in [0.05, 0.1) is 25.9 Å². The molecule has 23 heavy (non-hydrogen) atoms. The molecule has 0 radical (unpaired) electrons. The summed E-state index contributed by atoms with van der Waals surface area (Å²) in [4.78, 5) is 2.55. The molecule has 0 atom stereocenters. The van der Waals surface area contributed by atoms with Crippen LogP contribution >= 0.6 is 0 Å². The summed E-state index contributed by atoms with van der Waals surface area (Å²) in [5, 5.41) is 3.35. The van der Waals surface area contributed by atoms with Crippen LogP contribution < -0.4 is 5.32 Å². The van der Waals surface area contributed by atoms with Gasteiger partial charge >= 0.3 is 0 Å². The summed E-state index contributed by atoms with van der Waals surface area (Å²) >= 11 is 0. The number of nitrogens with one attached hydrogen (secondary N) is 1. The lowest BCUT2D eigenvalue weighted by atomic mass is 9.87. The SMILES string of the molecule is CC.CC(C)C1CCN(CCOCCOC2CCNCC2)CC1. The fourth-order valence-corrected chi connectivity index (χ4v) is 3.37. The van der Waals surface area contributed by atoms with Crippen LogP contribution in [0.1, 0.15) is 53.4 Å². The molecule has 2 aliphatic heterocycles. The smallest absolute Gasteiger partial charge is 0.0704 e. The van der Waals surface area contributed by atoms with Gasteiger partial charge in [-0.05, 0) is 63.7 Å². The average molecular weight is 329 g/mol. The molecule has 2 fully saturated rings. The summed E-state index contributed by atoms with van der Waals surface area (Å²) in [7, 11) is 0. The first-order valence-corrected chi connectivity index (χ1v) is 9.88. The fraction of sp³-hybridized carbons (Fsp3) is 1.00. The van der Waals surface area contributed by atoms with Crippen LogP contribution in [0.5, 0.6) is 0 Å². The van der Waals surface area contributed by atoms with Crippen molar-refractivity contribution in [1.29, 1.82) is 0 Å². The van der Waals surface area contributed by atoms with E-state index in [9.17, 15) is 0 Å². The summed E-state index contributed by atoms with van der Waals surface area (Å²) in [6.45, 7) is 16.8. The molecule has 4 nitrogen and oxygen atoms in total. The normalized spacial score (nSPS) is 21.3. The third-order valence-corrected chi connectivity index (χ3v) is 4.99. The van der Waals surface area contributed by atoms with Crippen molar-refractivity contribution in [1.82, 2.24) is 10.2 Å². The highest BCUT2D eigenvalue weighted by atomic mass is 16.5. The van der Waals surface area contributed by atoms with E-state index in [0.29, 0.717) is 6.10 Å². The summed E-state index contributed by atoms with van der Waals surface area (Å²) in [6, 6.07) is 0. The molecule has 0 aromatic heterocycles. The first-order valence-electron chi connectivity index (χ1n) is 9.88. The molecule has 1 N–H and O–H groups in total. The number of ether oxygens (including phenoxy) is 2.